The summed E-state index contributed by atoms with van der Waals surface area (Å²) >= 11 is 0. The van der Waals surface area contributed by atoms with E-state index >= 15 is 0 Å². The van der Waals surface area contributed by atoms with Gasteiger partial charge >= 0.3 is 0 Å². The average Bonchev–Trinajstić information content (AvgIpc) is 2.60. The van der Waals surface area contributed by atoms with E-state index in [0.717, 1.165) is 32.7 Å². The number of aliphatic hydroxyl groups excluding tert-OH is 4. The van der Waals surface area contributed by atoms with Crippen molar-refractivity contribution in [2.24, 2.45) is 0 Å². The summed E-state index contributed by atoms with van der Waals surface area (Å²) in [6, 6.07) is 0. The molecule has 0 saturated heterocycles. The fourth-order valence-electron chi connectivity index (χ4n) is 2.90. The zero-order chi connectivity index (χ0) is 18.8. The summed E-state index contributed by atoms with van der Waals surface area (Å²) in [6.45, 7) is 9.50. The molecule has 0 spiro atoms. The lowest BCUT2D eigenvalue weighted by Crippen LogP contribution is -2.42. The molecule has 0 amide bonds. The molecular weight excluding hydrogens is 322 g/mol. The quantitative estimate of drug-likeness (QED) is 0.229. The Morgan fingerprint density at radius 3 is 1.12 bits per heavy atom. The van der Waals surface area contributed by atoms with Crippen LogP contribution in [-0.4, -0.2) is 120 Å². The predicted molar refractivity (Wildman–Crippen MR) is 102 cm³/mol. The van der Waals surface area contributed by atoms with Gasteiger partial charge in [0.25, 0.3) is 0 Å². The van der Waals surface area contributed by atoms with Crippen LogP contribution < -0.4 is 0 Å². The summed E-state index contributed by atoms with van der Waals surface area (Å²) < 4.78 is 0. The Balaban J connectivity index is 4.40. The number of aliphatic hydroxyl groups is 4. The predicted octanol–water partition coefficient (Wildman–Crippen LogP) is -0.558. The van der Waals surface area contributed by atoms with Crippen LogP contribution in [0.25, 0.3) is 0 Å². The molecule has 0 heterocycles. The maximum Gasteiger partial charge on any atom is 0.0558 e. The highest BCUT2D eigenvalue weighted by atomic mass is 16.3. The lowest BCUT2D eigenvalue weighted by atomic mass is 10.2. The van der Waals surface area contributed by atoms with Crippen LogP contribution >= 0.6 is 0 Å². The van der Waals surface area contributed by atoms with Crippen LogP contribution in [0.5, 0.6) is 0 Å². The van der Waals surface area contributed by atoms with Gasteiger partial charge in [-0.1, -0.05) is 26.2 Å². The topological polar surface area (TPSA) is 90.6 Å². The molecule has 0 aliphatic heterocycles. The van der Waals surface area contributed by atoms with Crippen LogP contribution in [0, 0.1) is 0 Å². The highest BCUT2D eigenvalue weighted by Gasteiger charge is 2.11. The normalized spacial score (nSPS) is 12.0. The molecule has 7 heteroatoms. The van der Waals surface area contributed by atoms with Crippen molar-refractivity contribution in [3.63, 3.8) is 0 Å². The van der Waals surface area contributed by atoms with Crippen molar-refractivity contribution >= 4 is 0 Å². The van der Waals surface area contributed by atoms with E-state index in [1.807, 2.05) is 0 Å². The summed E-state index contributed by atoms with van der Waals surface area (Å²) in [5.41, 5.74) is 0. The minimum absolute atomic E-state index is 0.108. The van der Waals surface area contributed by atoms with E-state index in [4.69, 9.17) is 20.4 Å². The molecule has 4 N–H and O–H groups in total. The standard InChI is InChI=1S/C18H41N3O4/c1-2-3-4-5-6-19(7-9-20(11-15-22)12-16-23)8-10-21(13-17-24)14-18-25/h22-25H,2-18H2,1H3. The first-order valence-corrected chi connectivity index (χ1v) is 9.82. The summed E-state index contributed by atoms with van der Waals surface area (Å²) in [4.78, 5) is 6.58. The molecule has 0 aromatic rings. The van der Waals surface area contributed by atoms with Gasteiger partial charge in [0, 0.05) is 52.4 Å². The molecule has 7 nitrogen and oxygen atoms in total. The highest BCUT2D eigenvalue weighted by Crippen LogP contribution is 2.03. The van der Waals surface area contributed by atoms with E-state index in [2.05, 4.69) is 21.6 Å². The largest absolute Gasteiger partial charge is 0.395 e. The molecule has 25 heavy (non-hydrogen) atoms. The van der Waals surface area contributed by atoms with E-state index < -0.39 is 0 Å². The molecule has 0 aliphatic carbocycles. The lowest BCUT2D eigenvalue weighted by Gasteiger charge is -2.29. The first-order valence-electron chi connectivity index (χ1n) is 9.82. The van der Waals surface area contributed by atoms with Gasteiger partial charge in [-0.25, -0.2) is 0 Å². The summed E-state index contributed by atoms with van der Waals surface area (Å²) in [5.74, 6) is 0. The Bertz CT molecular complexity index is 241. The number of rotatable bonds is 19. The molecule has 0 radical (unpaired) electrons. The van der Waals surface area contributed by atoms with E-state index in [1.54, 1.807) is 0 Å². The van der Waals surface area contributed by atoms with Gasteiger partial charge in [-0.05, 0) is 13.0 Å². The molecule has 0 unspecified atom stereocenters. The third-order valence-corrected chi connectivity index (χ3v) is 4.46. The van der Waals surface area contributed by atoms with Crippen molar-refractivity contribution in [2.75, 3.05) is 85.3 Å². The minimum Gasteiger partial charge on any atom is -0.395 e. The fourth-order valence-corrected chi connectivity index (χ4v) is 2.90. The van der Waals surface area contributed by atoms with E-state index in [0.29, 0.717) is 26.2 Å². The van der Waals surface area contributed by atoms with Gasteiger partial charge < -0.3 is 25.3 Å². The van der Waals surface area contributed by atoms with Gasteiger partial charge in [-0.15, -0.1) is 0 Å². The Labute approximate surface area is 153 Å². The Morgan fingerprint density at radius 2 is 0.800 bits per heavy atom. The maximum absolute atomic E-state index is 9.13. The van der Waals surface area contributed by atoms with Crippen LogP contribution in [0.1, 0.15) is 32.6 Å². The van der Waals surface area contributed by atoms with Crippen molar-refractivity contribution in [1.82, 2.24) is 14.7 Å². The fraction of sp³-hybridized carbons (Fsp3) is 1.00. The SMILES string of the molecule is CCCCCCN(CCN(CCO)CCO)CCN(CCO)CCO. The Kier molecular flexibility index (Phi) is 18.3. The average molecular weight is 364 g/mol. The van der Waals surface area contributed by atoms with Crippen molar-refractivity contribution < 1.29 is 20.4 Å². The van der Waals surface area contributed by atoms with Crippen molar-refractivity contribution in [3.8, 4) is 0 Å². The van der Waals surface area contributed by atoms with Crippen LogP contribution in [-0.2, 0) is 0 Å². The molecule has 0 saturated carbocycles. The third kappa shape index (κ3) is 14.6. The number of hydrogen-bond acceptors (Lipinski definition) is 7. The van der Waals surface area contributed by atoms with Gasteiger partial charge in [0.2, 0.25) is 0 Å². The molecular formula is C18H41N3O4. The lowest BCUT2D eigenvalue weighted by molar-refractivity contribution is 0.123. The molecule has 0 bridgehead atoms. The summed E-state index contributed by atoms with van der Waals surface area (Å²) in [6.07, 6.45) is 4.90. The van der Waals surface area contributed by atoms with Gasteiger partial charge in [-0.3, -0.25) is 9.80 Å². The van der Waals surface area contributed by atoms with Crippen molar-refractivity contribution in [1.29, 1.82) is 0 Å². The van der Waals surface area contributed by atoms with Crippen LogP contribution in [0.15, 0.2) is 0 Å². The Morgan fingerprint density at radius 1 is 0.440 bits per heavy atom. The zero-order valence-electron chi connectivity index (χ0n) is 16.2. The van der Waals surface area contributed by atoms with Crippen molar-refractivity contribution in [2.45, 2.75) is 32.6 Å². The first-order chi connectivity index (χ1) is 12.2. The molecule has 0 atom stereocenters. The maximum atomic E-state index is 9.13. The van der Waals surface area contributed by atoms with Crippen LogP contribution in [0.2, 0.25) is 0 Å². The molecule has 0 aromatic heterocycles. The first kappa shape index (κ1) is 24.7. The van der Waals surface area contributed by atoms with E-state index in [1.165, 1.54) is 25.7 Å². The second kappa shape index (κ2) is 18.5. The summed E-state index contributed by atoms with van der Waals surface area (Å²) in [5, 5.41) is 36.5. The second-order valence-corrected chi connectivity index (χ2v) is 6.48. The van der Waals surface area contributed by atoms with Gasteiger partial charge in [-0.2, -0.15) is 0 Å². The second-order valence-electron chi connectivity index (χ2n) is 6.48. The summed E-state index contributed by atoms with van der Waals surface area (Å²) in [7, 11) is 0. The number of nitrogens with zero attached hydrogens (tertiary/aromatic N) is 3. The van der Waals surface area contributed by atoms with Crippen LogP contribution in [0.3, 0.4) is 0 Å². The third-order valence-electron chi connectivity index (χ3n) is 4.46. The molecule has 0 fully saturated rings. The van der Waals surface area contributed by atoms with Gasteiger partial charge in [0.05, 0.1) is 26.4 Å². The number of hydrogen-bond donors (Lipinski definition) is 4. The van der Waals surface area contributed by atoms with E-state index in [9.17, 15) is 0 Å². The minimum atomic E-state index is 0.108. The van der Waals surface area contributed by atoms with Gasteiger partial charge in [0.1, 0.15) is 0 Å². The molecule has 152 valence electrons. The zero-order valence-corrected chi connectivity index (χ0v) is 16.2. The number of unbranched alkanes of at least 4 members (excludes halogenated alkanes) is 3. The van der Waals surface area contributed by atoms with E-state index in [-0.39, 0.29) is 26.4 Å². The monoisotopic (exact) mass is 363 g/mol. The van der Waals surface area contributed by atoms with Gasteiger partial charge in [0.15, 0.2) is 0 Å². The molecule has 0 rings (SSSR count). The highest BCUT2D eigenvalue weighted by molar-refractivity contribution is 4.67. The molecule has 0 aromatic carbocycles. The molecule has 0 aliphatic rings. The van der Waals surface area contributed by atoms with Crippen molar-refractivity contribution in [3.05, 3.63) is 0 Å². The van der Waals surface area contributed by atoms with Crippen LogP contribution in [0.4, 0.5) is 0 Å². The Hall–Kier alpha value is -0.280. The smallest absolute Gasteiger partial charge is 0.0558 e.